The second-order valence-corrected chi connectivity index (χ2v) is 12.2. The molecule has 9 heteroatoms. The summed E-state index contributed by atoms with van der Waals surface area (Å²) in [4.78, 5) is 36.4. The summed E-state index contributed by atoms with van der Waals surface area (Å²) < 4.78 is 0. The van der Waals surface area contributed by atoms with Gasteiger partial charge >= 0.3 is 0 Å². The smallest absolute Gasteiger partial charge is 0.300 e. The van der Waals surface area contributed by atoms with Crippen molar-refractivity contribution in [2.45, 2.75) is 96.4 Å². The molecular formula is C32H51N5O4. The summed E-state index contributed by atoms with van der Waals surface area (Å²) in [5.74, 6) is 0.187. The summed E-state index contributed by atoms with van der Waals surface area (Å²) in [5.41, 5.74) is 7.42. The Labute approximate surface area is 245 Å². The number of amidine groups is 1. The van der Waals surface area contributed by atoms with Crippen molar-refractivity contribution in [3.05, 3.63) is 35.4 Å². The Hall–Kier alpha value is -2.94. The fourth-order valence-corrected chi connectivity index (χ4v) is 6.65. The highest BCUT2D eigenvalue weighted by Crippen LogP contribution is 2.33. The van der Waals surface area contributed by atoms with Crippen LogP contribution in [0.4, 0.5) is 0 Å². The Morgan fingerprint density at radius 2 is 1.44 bits per heavy atom. The number of aliphatic carboxylic acids is 1. The summed E-state index contributed by atoms with van der Waals surface area (Å²) in [6.45, 7) is 3.81. The van der Waals surface area contributed by atoms with Gasteiger partial charge in [0.05, 0.1) is 0 Å². The Bertz CT molecular complexity index is 976. The number of nitrogens with two attached hydrogens (primary N) is 1. The average Bonchev–Trinajstić information content (AvgIpc) is 2.98. The van der Waals surface area contributed by atoms with Gasteiger partial charge in [-0.15, -0.1) is 0 Å². The molecule has 1 aromatic carbocycles. The maximum atomic E-state index is 13.9. The van der Waals surface area contributed by atoms with E-state index >= 15 is 0 Å². The van der Waals surface area contributed by atoms with Gasteiger partial charge in [0, 0.05) is 24.9 Å². The molecule has 3 fully saturated rings. The zero-order chi connectivity index (χ0) is 29.6. The topological polar surface area (TPSA) is 157 Å². The lowest BCUT2D eigenvalue weighted by atomic mass is 9.76. The van der Waals surface area contributed by atoms with Gasteiger partial charge in [0.2, 0.25) is 11.8 Å². The molecule has 0 spiro atoms. The van der Waals surface area contributed by atoms with Crippen molar-refractivity contribution in [1.82, 2.24) is 16.0 Å². The van der Waals surface area contributed by atoms with Crippen LogP contribution >= 0.6 is 0 Å². The summed E-state index contributed by atoms with van der Waals surface area (Å²) in [6.07, 6.45) is 14.0. The maximum Gasteiger partial charge on any atom is 0.300 e. The first kappa shape index (κ1) is 32.6. The highest BCUT2D eigenvalue weighted by molar-refractivity contribution is 5.95. The number of carboxylic acids is 1. The van der Waals surface area contributed by atoms with Gasteiger partial charge < -0.3 is 26.8 Å². The summed E-state index contributed by atoms with van der Waals surface area (Å²) >= 11 is 0. The minimum absolute atomic E-state index is 0.00647. The number of nitrogens with one attached hydrogen (secondary N) is 4. The minimum atomic E-state index is -0.833. The number of carbonyl (C=O) groups excluding carboxylic acids is 2. The van der Waals surface area contributed by atoms with E-state index in [0.717, 1.165) is 76.9 Å². The van der Waals surface area contributed by atoms with Crippen LogP contribution in [0.3, 0.4) is 0 Å². The molecule has 2 amide bonds. The molecule has 1 unspecified atom stereocenters. The predicted octanol–water partition coefficient (Wildman–Crippen LogP) is 3.98. The number of hydrogen-bond acceptors (Lipinski definition) is 5. The van der Waals surface area contributed by atoms with Gasteiger partial charge in [0.1, 0.15) is 11.9 Å². The standard InChI is InChI=1S/C30H47N5O2.C2H4O2/c31-28(32)25-13-11-21(12-14-25)19-26(23-7-3-1-4-8-23)29(36)35-27(24-9-5-2-6-10-24)30(37)34-20-22-15-17-33-18-16-22;1-2(3)4/h11-14,22-24,26-27,33H,1-10,15-20H2,(H3,31,32)(H,34,37)(H,35,36);1H3,(H,3,4)/t26?,27-;/m0./s1. The molecule has 2 saturated carbocycles. The maximum absolute atomic E-state index is 13.9. The third-order valence-corrected chi connectivity index (χ3v) is 9.00. The van der Waals surface area contributed by atoms with E-state index in [2.05, 4.69) is 16.0 Å². The van der Waals surface area contributed by atoms with Crippen LogP contribution in [0.5, 0.6) is 0 Å². The van der Waals surface area contributed by atoms with E-state index < -0.39 is 12.0 Å². The zero-order valence-electron chi connectivity index (χ0n) is 24.8. The number of piperidine rings is 1. The van der Waals surface area contributed by atoms with Crippen molar-refractivity contribution < 1.29 is 19.5 Å². The second-order valence-electron chi connectivity index (χ2n) is 12.2. The highest BCUT2D eigenvalue weighted by Gasteiger charge is 2.36. The normalized spacial score (nSPS) is 20.1. The molecule has 1 aromatic rings. The van der Waals surface area contributed by atoms with Crippen molar-refractivity contribution in [2.24, 2.45) is 29.4 Å². The molecule has 1 saturated heterocycles. The molecule has 0 bridgehead atoms. The molecule has 2 aliphatic carbocycles. The van der Waals surface area contributed by atoms with Crippen LogP contribution in [-0.2, 0) is 20.8 Å². The molecule has 7 N–H and O–H groups in total. The van der Waals surface area contributed by atoms with Crippen molar-refractivity contribution in [3.8, 4) is 0 Å². The van der Waals surface area contributed by atoms with E-state index in [1.807, 2.05) is 24.3 Å². The first-order chi connectivity index (χ1) is 19.7. The third-order valence-electron chi connectivity index (χ3n) is 9.00. The number of benzene rings is 1. The Morgan fingerprint density at radius 1 is 0.902 bits per heavy atom. The van der Waals surface area contributed by atoms with Gasteiger partial charge in [0.15, 0.2) is 0 Å². The zero-order valence-corrected chi connectivity index (χ0v) is 24.8. The molecule has 0 radical (unpaired) electrons. The Morgan fingerprint density at radius 3 is 1.98 bits per heavy atom. The van der Waals surface area contributed by atoms with Gasteiger partial charge in [-0.2, -0.15) is 0 Å². The molecule has 1 aliphatic heterocycles. The lowest BCUT2D eigenvalue weighted by Gasteiger charge is -2.34. The fraction of sp³-hybridized carbons (Fsp3) is 0.688. The first-order valence-corrected chi connectivity index (χ1v) is 15.7. The molecule has 2 atom stereocenters. The predicted molar refractivity (Wildman–Crippen MR) is 162 cm³/mol. The molecule has 3 aliphatic rings. The van der Waals surface area contributed by atoms with Crippen molar-refractivity contribution >= 4 is 23.6 Å². The molecular weight excluding hydrogens is 518 g/mol. The van der Waals surface area contributed by atoms with E-state index in [9.17, 15) is 9.59 Å². The van der Waals surface area contributed by atoms with Crippen LogP contribution in [0.2, 0.25) is 0 Å². The minimum Gasteiger partial charge on any atom is -0.481 e. The molecule has 9 nitrogen and oxygen atoms in total. The SMILES string of the molecule is CC(=O)O.N=C(N)c1ccc(CC(C(=O)N[C@H](C(=O)NCC2CCNCC2)C2CCCCC2)C2CCCCC2)cc1. The second kappa shape index (κ2) is 17.1. The largest absolute Gasteiger partial charge is 0.481 e. The molecule has 228 valence electrons. The van der Waals surface area contributed by atoms with Gasteiger partial charge in [-0.25, -0.2) is 0 Å². The lowest BCUT2D eigenvalue weighted by Crippen LogP contribution is -2.54. The lowest BCUT2D eigenvalue weighted by molar-refractivity contribution is -0.134. The van der Waals surface area contributed by atoms with Gasteiger partial charge in [-0.3, -0.25) is 19.8 Å². The molecule has 0 aromatic heterocycles. The number of amides is 2. The monoisotopic (exact) mass is 569 g/mol. The number of carbonyl (C=O) groups is 3. The number of nitrogen functional groups attached to an aromatic ring is 1. The molecule has 4 rings (SSSR count). The van der Waals surface area contributed by atoms with Gasteiger partial charge in [-0.1, -0.05) is 62.8 Å². The van der Waals surface area contributed by atoms with E-state index in [4.69, 9.17) is 21.0 Å². The van der Waals surface area contributed by atoms with E-state index in [0.29, 0.717) is 30.4 Å². The van der Waals surface area contributed by atoms with Crippen LogP contribution in [0.15, 0.2) is 24.3 Å². The fourth-order valence-electron chi connectivity index (χ4n) is 6.65. The Kier molecular flexibility index (Phi) is 13.6. The number of carboxylic acid groups (broad SMARTS) is 1. The van der Waals surface area contributed by atoms with Crippen LogP contribution in [0.1, 0.15) is 95.1 Å². The molecule has 1 heterocycles. The van der Waals surface area contributed by atoms with Crippen LogP contribution in [-0.4, -0.2) is 54.4 Å². The van der Waals surface area contributed by atoms with Gasteiger partial charge in [-0.05, 0) is 81.4 Å². The van der Waals surface area contributed by atoms with Crippen LogP contribution in [0.25, 0.3) is 0 Å². The van der Waals surface area contributed by atoms with Crippen molar-refractivity contribution in [1.29, 1.82) is 5.41 Å². The summed E-state index contributed by atoms with van der Waals surface area (Å²) in [7, 11) is 0. The van der Waals surface area contributed by atoms with Crippen LogP contribution in [0, 0.1) is 29.1 Å². The third kappa shape index (κ3) is 11.1. The Balaban J connectivity index is 0.00000108. The average molecular weight is 570 g/mol. The summed E-state index contributed by atoms with van der Waals surface area (Å²) in [5, 5.41) is 25.0. The molecule has 41 heavy (non-hydrogen) atoms. The van der Waals surface area contributed by atoms with Crippen molar-refractivity contribution in [3.63, 3.8) is 0 Å². The van der Waals surface area contributed by atoms with Gasteiger partial charge in [0.25, 0.3) is 5.97 Å². The highest BCUT2D eigenvalue weighted by atomic mass is 16.4. The quantitative estimate of drug-likeness (QED) is 0.185. The van der Waals surface area contributed by atoms with Crippen molar-refractivity contribution in [2.75, 3.05) is 19.6 Å². The first-order valence-electron chi connectivity index (χ1n) is 15.7. The van der Waals surface area contributed by atoms with E-state index in [1.165, 1.54) is 25.7 Å². The number of hydrogen-bond donors (Lipinski definition) is 6. The van der Waals surface area contributed by atoms with E-state index in [-0.39, 0.29) is 29.5 Å². The van der Waals surface area contributed by atoms with Crippen LogP contribution < -0.4 is 21.7 Å². The van der Waals surface area contributed by atoms with E-state index in [1.54, 1.807) is 0 Å². The summed E-state index contributed by atoms with van der Waals surface area (Å²) in [6, 6.07) is 7.27. The number of rotatable bonds is 10.